The van der Waals surface area contributed by atoms with E-state index in [9.17, 15) is 23.3 Å². The van der Waals surface area contributed by atoms with Gasteiger partial charge < -0.3 is 0 Å². The van der Waals surface area contributed by atoms with Crippen LogP contribution in [0, 0.1) is 10.1 Å². The van der Waals surface area contributed by atoms with Crippen LogP contribution in [0.25, 0.3) is 0 Å². The molecule has 0 saturated heterocycles. The summed E-state index contributed by atoms with van der Waals surface area (Å²) in [5.74, 6) is 0. The van der Waals surface area contributed by atoms with Gasteiger partial charge in [0.25, 0.3) is 0 Å². The van der Waals surface area contributed by atoms with Crippen molar-refractivity contribution in [2.24, 2.45) is 7.05 Å². The molecular formula is C5H4F3N3O2. The van der Waals surface area contributed by atoms with Crippen molar-refractivity contribution in [3.05, 3.63) is 22.0 Å². The summed E-state index contributed by atoms with van der Waals surface area (Å²) in [6, 6.07) is 0. The normalized spacial score (nSPS) is 11.7. The molecule has 0 aliphatic rings. The highest BCUT2D eigenvalue weighted by Crippen LogP contribution is 2.34. The summed E-state index contributed by atoms with van der Waals surface area (Å²) in [4.78, 5) is 9.02. The second-order valence-electron chi connectivity index (χ2n) is 2.26. The van der Waals surface area contributed by atoms with E-state index in [2.05, 4.69) is 5.10 Å². The third kappa shape index (κ3) is 1.60. The Balaban J connectivity index is 3.33. The van der Waals surface area contributed by atoms with Crippen LogP contribution in [0.2, 0.25) is 0 Å². The van der Waals surface area contributed by atoms with Crippen molar-refractivity contribution in [1.82, 2.24) is 9.78 Å². The summed E-state index contributed by atoms with van der Waals surface area (Å²) >= 11 is 0. The van der Waals surface area contributed by atoms with E-state index in [0.29, 0.717) is 10.9 Å². The fraction of sp³-hybridized carbons (Fsp3) is 0.400. The Bertz CT molecular complexity index is 343. The second-order valence-corrected chi connectivity index (χ2v) is 2.26. The Hall–Kier alpha value is -1.60. The molecule has 0 amide bonds. The summed E-state index contributed by atoms with van der Waals surface area (Å²) in [5, 5.41) is 13.3. The lowest BCUT2D eigenvalue weighted by molar-refractivity contribution is -0.388. The first-order valence-corrected chi connectivity index (χ1v) is 3.07. The van der Waals surface area contributed by atoms with Crippen molar-refractivity contribution in [3.63, 3.8) is 0 Å². The minimum Gasteiger partial charge on any atom is -0.258 e. The van der Waals surface area contributed by atoms with Gasteiger partial charge in [-0.05, 0) is 0 Å². The highest BCUT2D eigenvalue weighted by atomic mass is 19.4. The maximum absolute atomic E-state index is 12.1. The number of aromatic nitrogens is 2. The van der Waals surface area contributed by atoms with E-state index in [1.54, 1.807) is 0 Å². The fourth-order valence-electron chi connectivity index (χ4n) is 0.888. The molecule has 1 aromatic heterocycles. The average molecular weight is 195 g/mol. The number of aryl methyl sites for hydroxylation is 1. The third-order valence-electron chi connectivity index (χ3n) is 1.38. The summed E-state index contributed by atoms with van der Waals surface area (Å²) in [7, 11) is 0.996. The third-order valence-corrected chi connectivity index (χ3v) is 1.38. The first-order chi connectivity index (χ1) is 5.84. The lowest BCUT2D eigenvalue weighted by Gasteiger charge is -2.04. The molecule has 1 rings (SSSR count). The number of nitro groups is 1. The van der Waals surface area contributed by atoms with E-state index in [1.165, 1.54) is 0 Å². The highest BCUT2D eigenvalue weighted by molar-refractivity contribution is 5.34. The van der Waals surface area contributed by atoms with E-state index in [-0.39, 0.29) is 0 Å². The van der Waals surface area contributed by atoms with Gasteiger partial charge in [-0.15, -0.1) is 0 Å². The lowest BCUT2D eigenvalue weighted by Crippen LogP contribution is -2.13. The number of hydrogen-bond acceptors (Lipinski definition) is 3. The highest BCUT2D eigenvalue weighted by Gasteiger charge is 2.42. The molecular weight excluding hydrogens is 191 g/mol. The van der Waals surface area contributed by atoms with Gasteiger partial charge in [0.05, 0.1) is 4.92 Å². The fourth-order valence-corrected chi connectivity index (χ4v) is 0.888. The molecule has 72 valence electrons. The predicted molar refractivity (Wildman–Crippen MR) is 34.9 cm³/mol. The van der Waals surface area contributed by atoms with Crippen LogP contribution >= 0.6 is 0 Å². The lowest BCUT2D eigenvalue weighted by atomic mass is 10.3. The second kappa shape index (κ2) is 2.71. The van der Waals surface area contributed by atoms with Crippen molar-refractivity contribution >= 4 is 5.69 Å². The molecule has 0 atom stereocenters. The molecule has 13 heavy (non-hydrogen) atoms. The molecule has 0 aliphatic heterocycles. The number of hydrogen-bond donors (Lipinski definition) is 0. The summed E-state index contributed by atoms with van der Waals surface area (Å²) in [6.07, 6.45) is -4.18. The average Bonchev–Trinajstić information content (AvgIpc) is 2.28. The first-order valence-electron chi connectivity index (χ1n) is 3.07. The molecule has 0 saturated carbocycles. The number of rotatable bonds is 1. The van der Waals surface area contributed by atoms with E-state index in [4.69, 9.17) is 0 Å². The number of alkyl halides is 3. The largest absolute Gasteiger partial charge is 0.439 e. The maximum Gasteiger partial charge on any atom is 0.439 e. The summed E-state index contributed by atoms with van der Waals surface area (Å²) in [6.45, 7) is 0. The molecule has 0 aliphatic carbocycles. The molecule has 1 heterocycles. The van der Waals surface area contributed by atoms with Crippen LogP contribution in [0.3, 0.4) is 0 Å². The molecule has 8 heteroatoms. The van der Waals surface area contributed by atoms with Crippen molar-refractivity contribution in [2.45, 2.75) is 6.18 Å². The van der Waals surface area contributed by atoms with Gasteiger partial charge in [-0.25, -0.2) is 0 Å². The van der Waals surface area contributed by atoms with Gasteiger partial charge in [-0.1, -0.05) is 0 Å². The molecule has 0 unspecified atom stereocenters. The van der Waals surface area contributed by atoms with Gasteiger partial charge in [0.15, 0.2) is 0 Å². The van der Waals surface area contributed by atoms with Crippen LogP contribution in [0.1, 0.15) is 5.69 Å². The summed E-state index contributed by atoms with van der Waals surface area (Å²) in [5.41, 5.74) is -2.38. The molecule has 0 fully saturated rings. The maximum atomic E-state index is 12.1. The van der Waals surface area contributed by atoms with Crippen LogP contribution in [-0.4, -0.2) is 14.7 Å². The number of halogens is 3. The van der Waals surface area contributed by atoms with Crippen LogP contribution in [0.15, 0.2) is 6.20 Å². The van der Waals surface area contributed by atoms with Crippen molar-refractivity contribution in [1.29, 1.82) is 0 Å². The van der Waals surface area contributed by atoms with E-state index >= 15 is 0 Å². The monoisotopic (exact) mass is 195 g/mol. The molecule has 0 radical (unpaired) electrons. The number of nitrogens with zero attached hydrogens (tertiary/aromatic N) is 3. The van der Waals surface area contributed by atoms with Crippen molar-refractivity contribution < 1.29 is 18.1 Å². The van der Waals surface area contributed by atoms with Crippen molar-refractivity contribution in [3.8, 4) is 0 Å². The molecule has 1 aromatic rings. The van der Waals surface area contributed by atoms with Gasteiger partial charge in [0, 0.05) is 7.05 Å². The van der Waals surface area contributed by atoms with Crippen LogP contribution in [0.5, 0.6) is 0 Å². The zero-order valence-corrected chi connectivity index (χ0v) is 6.37. The minimum atomic E-state index is -4.76. The Morgan fingerprint density at radius 3 is 2.46 bits per heavy atom. The van der Waals surface area contributed by atoms with Gasteiger partial charge in [-0.2, -0.15) is 18.3 Å². The van der Waals surface area contributed by atoms with E-state index < -0.39 is 22.5 Å². The zero-order chi connectivity index (χ0) is 10.2. The van der Waals surface area contributed by atoms with Crippen LogP contribution < -0.4 is 0 Å². The standard InChI is InChI=1S/C5H4F3N3O2/c1-10-4(5(6,7)8)3(2-9-10)11(12)13/h2H,1H3. The molecule has 0 spiro atoms. The topological polar surface area (TPSA) is 61.0 Å². The Morgan fingerprint density at radius 1 is 1.62 bits per heavy atom. The molecule has 0 aromatic carbocycles. The van der Waals surface area contributed by atoms with Gasteiger partial charge in [0.2, 0.25) is 5.69 Å². The Kier molecular flexibility index (Phi) is 1.98. The Morgan fingerprint density at radius 2 is 2.15 bits per heavy atom. The SMILES string of the molecule is Cn1ncc([N+](=O)[O-])c1C(F)(F)F. The molecule has 0 N–H and O–H groups in total. The first kappa shape index (κ1) is 9.49. The quantitative estimate of drug-likeness (QED) is 0.501. The Labute approximate surface area is 69.9 Å². The predicted octanol–water partition coefficient (Wildman–Crippen LogP) is 1.35. The zero-order valence-electron chi connectivity index (χ0n) is 6.37. The van der Waals surface area contributed by atoms with Gasteiger partial charge >= 0.3 is 11.9 Å². The van der Waals surface area contributed by atoms with Crippen molar-refractivity contribution in [2.75, 3.05) is 0 Å². The summed E-state index contributed by atoms with van der Waals surface area (Å²) < 4.78 is 36.8. The van der Waals surface area contributed by atoms with Gasteiger partial charge in [0.1, 0.15) is 6.20 Å². The van der Waals surface area contributed by atoms with Gasteiger partial charge in [-0.3, -0.25) is 14.8 Å². The van der Waals surface area contributed by atoms with E-state index in [1.807, 2.05) is 0 Å². The van der Waals surface area contributed by atoms with E-state index in [0.717, 1.165) is 7.05 Å². The smallest absolute Gasteiger partial charge is 0.258 e. The molecule has 5 nitrogen and oxygen atoms in total. The molecule has 0 bridgehead atoms. The van der Waals surface area contributed by atoms with Crippen LogP contribution in [0.4, 0.5) is 18.9 Å². The van der Waals surface area contributed by atoms with Crippen LogP contribution in [-0.2, 0) is 13.2 Å². The minimum absolute atomic E-state index is 0.429.